The molecule has 0 aromatic rings. The minimum Gasteiger partial charge on any atom is -0.465 e. The summed E-state index contributed by atoms with van der Waals surface area (Å²) in [5, 5.41) is 0. The Bertz CT molecular complexity index is 203. The topological polar surface area (TPSA) is 43.4 Å². The van der Waals surface area contributed by atoms with Gasteiger partial charge < -0.3 is 4.74 Å². The average molecular weight is 202 g/mol. The van der Waals surface area contributed by atoms with Gasteiger partial charge in [0.05, 0.1) is 6.61 Å². The highest BCUT2D eigenvalue weighted by molar-refractivity contribution is 7.99. The molecule has 0 saturated carbocycles. The van der Waals surface area contributed by atoms with Crippen LogP contribution in [0, 0.1) is 5.92 Å². The number of ether oxygens (including phenoxy) is 1. The van der Waals surface area contributed by atoms with Crippen LogP contribution in [0.1, 0.15) is 19.8 Å². The smallest absolute Gasteiger partial charge is 0.316 e. The van der Waals surface area contributed by atoms with Gasteiger partial charge in [0.15, 0.2) is 0 Å². The molecule has 0 aromatic heterocycles. The summed E-state index contributed by atoms with van der Waals surface area (Å²) in [5.41, 5.74) is 0. The molecule has 1 heterocycles. The minimum absolute atomic E-state index is 0.0449. The molecule has 1 saturated heterocycles. The molecule has 0 aromatic carbocycles. The number of Topliss-reactive ketones (excluding diaryl/α,β-unsaturated/α-hetero) is 1. The highest BCUT2D eigenvalue weighted by Gasteiger charge is 2.28. The van der Waals surface area contributed by atoms with Gasteiger partial charge in [-0.25, -0.2) is 0 Å². The summed E-state index contributed by atoms with van der Waals surface area (Å²) in [5.74, 6) is 0.942. The molecule has 4 heteroatoms. The molecule has 0 spiro atoms. The number of ketones is 1. The highest BCUT2D eigenvalue weighted by atomic mass is 32.2. The van der Waals surface area contributed by atoms with Crippen molar-refractivity contribution in [3.05, 3.63) is 0 Å². The number of hydrogen-bond donors (Lipinski definition) is 0. The fraction of sp³-hybridized carbons (Fsp3) is 0.778. The van der Waals surface area contributed by atoms with Crippen LogP contribution in [-0.4, -0.2) is 29.9 Å². The van der Waals surface area contributed by atoms with Gasteiger partial charge in [-0.1, -0.05) is 0 Å². The Hall–Kier alpha value is -0.510. The molecule has 0 N–H and O–H groups in total. The van der Waals surface area contributed by atoms with E-state index >= 15 is 0 Å². The van der Waals surface area contributed by atoms with Crippen LogP contribution in [0.4, 0.5) is 0 Å². The fourth-order valence-corrected chi connectivity index (χ4v) is 2.26. The van der Waals surface area contributed by atoms with Crippen LogP contribution >= 0.6 is 11.8 Å². The van der Waals surface area contributed by atoms with Crippen molar-refractivity contribution >= 4 is 23.5 Å². The number of rotatable bonds is 2. The van der Waals surface area contributed by atoms with Crippen LogP contribution in [0.2, 0.25) is 0 Å². The first-order valence-electron chi connectivity index (χ1n) is 4.52. The van der Waals surface area contributed by atoms with E-state index in [0.717, 1.165) is 11.5 Å². The van der Waals surface area contributed by atoms with E-state index in [1.165, 1.54) is 0 Å². The summed E-state index contributed by atoms with van der Waals surface area (Å²) in [6, 6.07) is 0. The molecule has 1 rings (SSSR count). The first-order valence-corrected chi connectivity index (χ1v) is 5.68. The molecule has 0 radical (unpaired) electrons. The molecule has 0 amide bonds. The van der Waals surface area contributed by atoms with Crippen molar-refractivity contribution in [2.45, 2.75) is 19.8 Å². The molecule has 3 nitrogen and oxygen atoms in total. The summed E-state index contributed by atoms with van der Waals surface area (Å²) >= 11 is 1.73. The van der Waals surface area contributed by atoms with Gasteiger partial charge in [-0.15, -0.1) is 0 Å². The largest absolute Gasteiger partial charge is 0.465 e. The first kappa shape index (κ1) is 10.6. The highest BCUT2D eigenvalue weighted by Crippen LogP contribution is 2.20. The lowest BCUT2D eigenvalue weighted by atomic mass is 10.00. The van der Waals surface area contributed by atoms with Gasteiger partial charge in [-0.2, -0.15) is 11.8 Å². The van der Waals surface area contributed by atoms with Gasteiger partial charge in [0.2, 0.25) is 0 Å². The molecule has 0 unspecified atom stereocenters. The Balaban J connectivity index is 2.53. The van der Waals surface area contributed by atoms with Crippen molar-refractivity contribution in [1.29, 1.82) is 0 Å². The normalized spacial score (nSPS) is 23.8. The second-order valence-electron chi connectivity index (χ2n) is 2.92. The summed E-state index contributed by atoms with van der Waals surface area (Å²) in [6.45, 7) is 2.11. The molecule has 1 aliphatic heterocycles. The second kappa shape index (κ2) is 5.27. The zero-order chi connectivity index (χ0) is 9.68. The molecular weight excluding hydrogens is 188 g/mol. The lowest BCUT2D eigenvalue weighted by molar-refractivity contribution is -0.151. The maximum absolute atomic E-state index is 11.4. The minimum atomic E-state index is -0.491. The fourth-order valence-electron chi connectivity index (χ4n) is 1.30. The van der Waals surface area contributed by atoms with Crippen LogP contribution in [0.5, 0.6) is 0 Å². The molecule has 74 valence electrons. The van der Waals surface area contributed by atoms with Crippen LogP contribution in [0.15, 0.2) is 0 Å². The number of carbonyl (C=O) groups excluding carboxylic acids is 2. The van der Waals surface area contributed by atoms with E-state index in [2.05, 4.69) is 0 Å². The van der Waals surface area contributed by atoms with Crippen LogP contribution in [-0.2, 0) is 14.3 Å². The Morgan fingerprint density at radius 1 is 1.62 bits per heavy atom. The number of carbonyl (C=O) groups is 2. The third-order valence-corrected chi connectivity index (χ3v) is 3.02. The lowest BCUT2D eigenvalue weighted by Crippen LogP contribution is -2.25. The average Bonchev–Trinajstić information content (AvgIpc) is 2.30. The van der Waals surface area contributed by atoms with E-state index in [0.29, 0.717) is 19.4 Å². The van der Waals surface area contributed by atoms with Crippen molar-refractivity contribution in [1.82, 2.24) is 0 Å². The van der Waals surface area contributed by atoms with E-state index in [1.54, 1.807) is 18.7 Å². The zero-order valence-electron chi connectivity index (χ0n) is 7.75. The Morgan fingerprint density at radius 2 is 2.38 bits per heavy atom. The predicted molar refractivity (Wildman–Crippen MR) is 51.7 cm³/mol. The van der Waals surface area contributed by atoms with Gasteiger partial charge >= 0.3 is 5.97 Å². The Morgan fingerprint density at radius 3 is 3.08 bits per heavy atom. The summed E-state index contributed by atoms with van der Waals surface area (Å²) in [7, 11) is 0. The van der Waals surface area contributed by atoms with Crippen molar-refractivity contribution in [2.24, 2.45) is 5.92 Å². The number of esters is 1. The predicted octanol–water partition coefficient (Wildman–Crippen LogP) is 1.26. The molecule has 13 heavy (non-hydrogen) atoms. The molecule has 1 fully saturated rings. The number of thioether (sulfide) groups is 1. The second-order valence-corrected chi connectivity index (χ2v) is 4.15. The van der Waals surface area contributed by atoms with Gasteiger partial charge in [0, 0.05) is 12.2 Å². The summed E-state index contributed by atoms with van der Waals surface area (Å²) in [6.07, 6.45) is 1.15. The third kappa shape index (κ3) is 3.03. The standard InChI is InChI=1S/C9H14O3S/c1-2-12-9(11)7-3-5-13-6-4-8(7)10/h7H,2-6H2,1H3/t7-/m0/s1. The quantitative estimate of drug-likeness (QED) is 0.499. The molecular formula is C9H14O3S. The molecule has 0 bridgehead atoms. The van der Waals surface area contributed by atoms with Gasteiger partial charge in [-0.05, 0) is 19.1 Å². The van der Waals surface area contributed by atoms with Gasteiger partial charge in [0.1, 0.15) is 11.7 Å². The molecule has 1 atom stereocenters. The molecule has 1 aliphatic rings. The van der Waals surface area contributed by atoms with Crippen molar-refractivity contribution < 1.29 is 14.3 Å². The summed E-state index contributed by atoms with van der Waals surface area (Å²) < 4.78 is 4.84. The van der Waals surface area contributed by atoms with Gasteiger partial charge in [0.25, 0.3) is 0 Å². The lowest BCUT2D eigenvalue weighted by Gasteiger charge is -2.10. The summed E-state index contributed by atoms with van der Waals surface area (Å²) in [4.78, 5) is 22.7. The third-order valence-electron chi connectivity index (χ3n) is 2.00. The van der Waals surface area contributed by atoms with Crippen molar-refractivity contribution in [2.75, 3.05) is 18.1 Å². The SMILES string of the molecule is CCOC(=O)[C@H]1CCSCCC1=O. The van der Waals surface area contributed by atoms with Gasteiger partial charge in [-0.3, -0.25) is 9.59 Å². The van der Waals surface area contributed by atoms with Crippen LogP contribution < -0.4 is 0 Å². The number of hydrogen-bond acceptors (Lipinski definition) is 4. The van der Waals surface area contributed by atoms with E-state index in [9.17, 15) is 9.59 Å². The van der Waals surface area contributed by atoms with E-state index in [4.69, 9.17) is 4.74 Å². The maximum atomic E-state index is 11.4. The Kier molecular flexibility index (Phi) is 4.28. The monoisotopic (exact) mass is 202 g/mol. The van der Waals surface area contributed by atoms with E-state index in [-0.39, 0.29) is 11.8 Å². The van der Waals surface area contributed by atoms with Crippen molar-refractivity contribution in [3.8, 4) is 0 Å². The maximum Gasteiger partial charge on any atom is 0.316 e. The van der Waals surface area contributed by atoms with Crippen LogP contribution in [0.25, 0.3) is 0 Å². The Labute approximate surface area is 82.2 Å². The first-order chi connectivity index (χ1) is 6.25. The van der Waals surface area contributed by atoms with Crippen LogP contribution in [0.3, 0.4) is 0 Å². The molecule has 0 aliphatic carbocycles. The zero-order valence-corrected chi connectivity index (χ0v) is 8.56. The van der Waals surface area contributed by atoms with E-state index in [1.807, 2.05) is 0 Å². The van der Waals surface area contributed by atoms with Crippen molar-refractivity contribution in [3.63, 3.8) is 0 Å². The van der Waals surface area contributed by atoms with E-state index < -0.39 is 5.92 Å².